The van der Waals surface area contributed by atoms with E-state index in [-0.39, 0.29) is 10.5 Å². The maximum Gasteiger partial charge on any atom is 0.326 e. The molecular formula is C18H23N5O8S. The first-order valence-corrected chi connectivity index (χ1v) is 11.0. The predicted octanol–water partition coefficient (Wildman–Crippen LogP) is -2.63. The number of nitrogens with two attached hydrogens (primary N) is 1. The number of carbonyl (C=O) groups is 5. The van der Waals surface area contributed by atoms with Crippen molar-refractivity contribution in [1.82, 2.24) is 20.9 Å². The minimum Gasteiger partial charge on any atom is -0.480 e. The van der Waals surface area contributed by atoms with Crippen molar-refractivity contribution < 1.29 is 37.5 Å². The van der Waals surface area contributed by atoms with E-state index in [1.165, 1.54) is 17.0 Å². The smallest absolute Gasteiger partial charge is 0.326 e. The third kappa shape index (κ3) is 7.02. The number of aliphatic carboxylic acids is 1. The van der Waals surface area contributed by atoms with Crippen LogP contribution in [0.5, 0.6) is 0 Å². The number of benzene rings is 1. The van der Waals surface area contributed by atoms with Crippen molar-refractivity contribution in [3.63, 3.8) is 0 Å². The summed E-state index contributed by atoms with van der Waals surface area (Å²) in [6.07, 6.45) is 0.918. The lowest BCUT2D eigenvalue weighted by Gasteiger charge is -2.21. The van der Waals surface area contributed by atoms with Crippen molar-refractivity contribution in [2.24, 2.45) is 5.14 Å². The topological polar surface area (TPSA) is 205 Å². The Kier molecular flexibility index (Phi) is 8.26. The van der Waals surface area contributed by atoms with Crippen molar-refractivity contribution in [3.8, 4) is 0 Å². The zero-order chi connectivity index (χ0) is 23.9. The second-order valence-electron chi connectivity index (χ2n) is 6.89. The minimum atomic E-state index is -3.89. The molecule has 0 aliphatic carbocycles. The molecule has 0 bridgehead atoms. The van der Waals surface area contributed by atoms with Gasteiger partial charge in [-0.1, -0.05) is 0 Å². The summed E-state index contributed by atoms with van der Waals surface area (Å²) in [5.74, 6) is -3.61. The molecule has 0 spiro atoms. The summed E-state index contributed by atoms with van der Waals surface area (Å²) in [6.45, 7) is -1.000. The Bertz CT molecular complexity index is 1010. The van der Waals surface area contributed by atoms with Gasteiger partial charge in [-0.3, -0.25) is 19.2 Å². The van der Waals surface area contributed by atoms with E-state index in [0.717, 1.165) is 12.1 Å². The van der Waals surface area contributed by atoms with Gasteiger partial charge in [0.25, 0.3) is 5.91 Å². The molecule has 1 aromatic rings. The van der Waals surface area contributed by atoms with E-state index in [2.05, 4.69) is 16.0 Å². The maximum absolute atomic E-state index is 12.1. The molecular weight excluding hydrogens is 446 g/mol. The fraction of sp³-hybridized carbons (Fsp3) is 0.389. The number of amides is 4. The van der Waals surface area contributed by atoms with Crippen LogP contribution < -0.4 is 21.1 Å². The van der Waals surface area contributed by atoms with E-state index < -0.39 is 65.3 Å². The van der Waals surface area contributed by atoms with Crippen LogP contribution in [0, 0.1) is 0 Å². The van der Waals surface area contributed by atoms with Crippen LogP contribution in [-0.4, -0.2) is 80.2 Å². The molecule has 13 nitrogen and oxygen atoms in total. The number of hydrogen-bond acceptors (Lipinski definition) is 7. The van der Waals surface area contributed by atoms with E-state index in [9.17, 15) is 32.4 Å². The van der Waals surface area contributed by atoms with Crippen LogP contribution in [0.15, 0.2) is 29.2 Å². The lowest BCUT2D eigenvalue weighted by Crippen LogP contribution is -2.47. The molecule has 0 aromatic heterocycles. The van der Waals surface area contributed by atoms with E-state index in [0.29, 0.717) is 19.4 Å². The van der Waals surface area contributed by atoms with Crippen LogP contribution in [-0.2, 0) is 29.2 Å². The number of rotatable bonds is 9. The first kappa shape index (κ1) is 24.7. The van der Waals surface area contributed by atoms with Gasteiger partial charge in [-0.25, -0.2) is 18.4 Å². The SMILES string of the molecule is NS(=O)(=O)c1ccc(C(=O)NCC(=O)NCC(=O)NCC(=O)N2CCC[C@H]2C(=O)O)cc1. The number of sulfonamides is 1. The quantitative estimate of drug-likeness (QED) is 0.258. The van der Waals surface area contributed by atoms with Crippen LogP contribution in [0.2, 0.25) is 0 Å². The van der Waals surface area contributed by atoms with Gasteiger partial charge in [-0.05, 0) is 37.1 Å². The molecule has 0 radical (unpaired) electrons. The highest BCUT2D eigenvalue weighted by Gasteiger charge is 2.33. The lowest BCUT2D eigenvalue weighted by atomic mass is 10.2. The highest BCUT2D eigenvalue weighted by atomic mass is 32.2. The predicted molar refractivity (Wildman–Crippen MR) is 109 cm³/mol. The number of likely N-dealkylation sites (tertiary alicyclic amines) is 1. The van der Waals surface area contributed by atoms with Gasteiger partial charge in [0.2, 0.25) is 27.7 Å². The summed E-state index contributed by atoms with van der Waals surface area (Å²) in [6, 6.07) is 3.85. The van der Waals surface area contributed by atoms with Crippen molar-refractivity contribution in [1.29, 1.82) is 0 Å². The number of carboxylic acid groups (broad SMARTS) is 1. The Balaban J connectivity index is 1.70. The molecule has 6 N–H and O–H groups in total. The summed E-state index contributed by atoms with van der Waals surface area (Å²) in [5, 5.41) is 20.9. The van der Waals surface area contributed by atoms with Crippen LogP contribution in [0.1, 0.15) is 23.2 Å². The zero-order valence-electron chi connectivity index (χ0n) is 16.9. The number of hydrogen-bond donors (Lipinski definition) is 5. The number of nitrogens with zero attached hydrogens (tertiary/aromatic N) is 1. The number of primary sulfonamides is 1. The van der Waals surface area contributed by atoms with Crippen molar-refractivity contribution in [3.05, 3.63) is 29.8 Å². The third-order valence-electron chi connectivity index (χ3n) is 4.60. The molecule has 0 unspecified atom stereocenters. The number of carboxylic acids is 1. The highest BCUT2D eigenvalue weighted by Crippen LogP contribution is 2.17. The fourth-order valence-corrected chi connectivity index (χ4v) is 3.48. The Morgan fingerprint density at radius 2 is 1.53 bits per heavy atom. The molecule has 1 fully saturated rings. The van der Waals surface area contributed by atoms with E-state index in [4.69, 9.17) is 10.2 Å². The fourth-order valence-electron chi connectivity index (χ4n) is 2.96. The van der Waals surface area contributed by atoms with Gasteiger partial charge < -0.3 is 26.0 Å². The van der Waals surface area contributed by atoms with Gasteiger partial charge in [-0.15, -0.1) is 0 Å². The first-order valence-electron chi connectivity index (χ1n) is 9.46. The minimum absolute atomic E-state index is 0.100. The van der Waals surface area contributed by atoms with Gasteiger partial charge in [0.15, 0.2) is 0 Å². The van der Waals surface area contributed by atoms with Crippen molar-refractivity contribution in [2.75, 3.05) is 26.2 Å². The first-order chi connectivity index (χ1) is 15.0. The van der Waals surface area contributed by atoms with Gasteiger partial charge in [0.05, 0.1) is 24.5 Å². The van der Waals surface area contributed by atoms with E-state index in [1.807, 2.05) is 0 Å². The van der Waals surface area contributed by atoms with Gasteiger partial charge in [-0.2, -0.15) is 0 Å². The Morgan fingerprint density at radius 1 is 0.969 bits per heavy atom. The van der Waals surface area contributed by atoms with Gasteiger partial charge in [0.1, 0.15) is 6.04 Å². The highest BCUT2D eigenvalue weighted by molar-refractivity contribution is 7.89. The molecule has 32 heavy (non-hydrogen) atoms. The molecule has 1 atom stereocenters. The Labute approximate surface area is 183 Å². The largest absolute Gasteiger partial charge is 0.480 e. The average molecular weight is 469 g/mol. The lowest BCUT2D eigenvalue weighted by molar-refractivity contribution is -0.148. The Morgan fingerprint density at radius 3 is 2.09 bits per heavy atom. The van der Waals surface area contributed by atoms with Gasteiger partial charge in [0, 0.05) is 12.1 Å². The van der Waals surface area contributed by atoms with E-state index >= 15 is 0 Å². The molecule has 174 valence electrons. The molecule has 2 rings (SSSR count). The van der Waals surface area contributed by atoms with E-state index in [1.54, 1.807) is 0 Å². The van der Waals surface area contributed by atoms with Crippen LogP contribution in [0.25, 0.3) is 0 Å². The molecule has 0 saturated carbocycles. The molecule has 4 amide bonds. The number of carbonyl (C=O) groups excluding carboxylic acids is 4. The van der Waals surface area contributed by atoms with Gasteiger partial charge >= 0.3 is 5.97 Å². The molecule has 1 aliphatic rings. The second kappa shape index (κ2) is 10.7. The summed E-state index contributed by atoms with van der Waals surface area (Å²) < 4.78 is 22.4. The summed E-state index contributed by atoms with van der Waals surface area (Å²) in [4.78, 5) is 59.8. The van der Waals surface area contributed by atoms with Crippen molar-refractivity contribution >= 4 is 39.6 Å². The number of nitrogens with one attached hydrogen (secondary N) is 3. The summed E-state index contributed by atoms with van der Waals surface area (Å²) in [5.41, 5.74) is 0.100. The molecule has 1 saturated heterocycles. The monoisotopic (exact) mass is 469 g/mol. The van der Waals surface area contributed by atoms with Crippen molar-refractivity contribution in [2.45, 2.75) is 23.8 Å². The Hall–Kier alpha value is -3.52. The molecule has 1 aromatic carbocycles. The molecule has 1 aliphatic heterocycles. The zero-order valence-corrected chi connectivity index (χ0v) is 17.7. The standard InChI is InChI=1S/C18H23N5O8S/c19-32(30,31)12-5-3-11(4-6-12)17(27)22-9-15(25)20-8-14(24)21-10-16(26)23-7-1-2-13(23)18(28)29/h3-6,13H,1-2,7-10H2,(H,20,25)(H,21,24)(H,22,27)(H,28,29)(H2,19,30,31)/t13-/m0/s1. The second-order valence-corrected chi connectivity index (χ2v) is 8.45. The summed E-state index contributed by atoms with van der Waals surface area (Å²) >= 11 is 0. The van der Waals surface area contributed by atoms with Crippen LogP contribution in [0.3, 0.4) is 0 Å². The average Bonchev–Trinajstić information content (AvgIpc) is 3.24. The third-order valence-corrected chi connectivity index (χ3v) is 5.52. The maximum atomic E-state index is 12.1. The summed E-state index contributed by atoms with van der Waals surface area (Å²) in [7, 11) is -3.89. The normalized spacial score (nSPS) is 15.7. The molecule has 1 heterocycles. The van der Waals surface area contributed by atoms with Crippen LogP contribution in [0.4, 0.5) is 0 Å². The van der Waals surface area contributed by atoms with Crippen LogP contribution >= 0.6 is 0 Å². The molecule has 14 heteroatoms.